The number of carbonyl (C=O) groups excluding carboxylic acids is 1. The van der Waals surface area contributed by atoms with Gasteiger partial charge in [-0.1, -0.05) is 60.2 Å². The molecule has 0 radical (unpaired) electrons. The van der Waals surface area contributed by atoms with E-state index in [1.165, 1.54) is 0 Å². The molecule has 0 bridgehead atoms. The summed E-state index contributed by atoms with van der Waals surface area (Å²) >= 11 is 0. The van der Waals surface area contributed by atoms with Crippen molar-refractivity contribution >= 4 is 17.3 Å². The molecule has 2 aromatic rings. The molecule has 5 heteroatoms. The van der Waals surface area contributed by atoms with Crippen LogP contribution in [0.3, 0.4) is 0 Å². The lowest BCUT2D eigenvalue weighted by Gasteiger charge is -2.19. The number of nitriles is 1. The van der Waals surface area contributed by atoms with Gasteiger partial charge in [0.2, 0.25) is 0 Å². The highest BCUT2D eigenvalue weighted by Gasteiger charge is 2.19. The second-order valence-corrected chi connectivity index (χ2v) is 5.61. The quantitative estimate of drug-likeness (QED) is 0.670. The number of primary amides is 1. The first-order valence-electron chi connectivity index (χ1n) is 7.72. The topological polar surface area (TPSA) is 91.3 Å². The zero-order valence-electron chi connectivity index (χ0n) is 13.7. The summed E-state index contributed by atoms with van der Waals surface area (Å²) in [5, 5.41) is 12.3. The molecule has 3 rings (SSSR count). The number of carbonyl (C=O) groups is 1. The van der Waals surface area contributed by atoms with Crippen LogP contribution in [0.4, 0.5) is 0 Å². The summed E-state index contributed by atoms with van der Waals surface area (Å²) in [6, 6.07) is 19.3. The van der Waals surface area contributed by atoms with Crippen molar-refractivity contribution < 1.29 is 4.79 Å². The van der Waals surface area contributed by atoms with E-state index in [-0.39, 0.29) is 11.4 Å². The van der Waals surface area contributed by atoms with Crippen LogP contribution in [0, 0.1) is 18.3 Å². The second-order valence-electron chi connectivity index (χ2n) is 5.61. The molecular weight excluding hydrogens is 312 g/mol. The fourth-order valence-corrected chi connectivity index (χ4v) is 2.47. The van der Waals surface area contributed by atoms with Crippen molar-refractivity contribution in [2.75, 3.05) is 0 Å². The van der Waals surface area contributed by atoms with Crippen LogP contribution in [0.15, 0.2) is 77.1 Å². The lowest BCUT2D eigenvalue weighted by molar-refractivity contribution is -0.114. The van der Waals surface area contributed by atoms with Crippen LogP contribution in [0.25, 0.3) is 5.70 Å². The molecule has 0 spiro atoms. The number of aryl methyl sites for hydroxylation is 1. The van der Waals surface area contributed by atoms with Crippen molar-refractivity contribution in [1.29, 1.82) is 5.26 Å². The fourth-order valence-electron chi connectivity index (χ4n) is 2.47. The molecule has 1 aliphatic rings. The molecule has 1 amide bonds. The molecule has 122 valence electrons. The number of benzene rings is 2. The minimum Gasteiger partial charge on any atom is -0.365 e. The van der Waals surface area contributed by atoms with Crippen LogP contribution in [-0.2, 0) is 4.79 Å². The third kappa shape index (κ3) is 3.48. The molecular formula is C20H16N4O. The van der Waals surface area contributed by atoms with E-state index < -0.39 is 5.91 Å². The number of amides is 1. The predicted molar refractivity (Wildman–Crippen MR) is 97.1 cm³/mol. The summed E-state index contributed by atoms with van der Waals surface area (Å²) in [4.78, 5) is 16.0. The van der Waals surface area contributed by atoms with E-state index in [9.17, 15) is 10.1 Å². The Morgan fingerprint density at radius 2 is 1.76 bits per heavy atom. The second kappa shape index (κ2) is 6.85. The van der Waals surface area contributed by atoms with E-state index in [1.807, 2.05) is 73.7 Å². The summed E-state index contributed by atoms with van der Waals surface area (Å²) in [5.74, 6) is -0.654. The average molecular weight is 328 g/mol. The first-order chi connectivity index (χ1) is 12.1. The molecule has 0 saturated carbocycles. The Kier molecular flexibility index (Phi) is 4.44. The van der Waals surface area contributed by atoms with E-state index in [1.54, 1.807) is 0 Å². The third-order valence-electron chi connectivity index (χ3n) is 3.79. The number of nitrogens with zero attached hydrogens (tertiary/aromatic N) is 2. The van der Waals surface area contributed by atoms with Gasteiger partial charge in [-0.05, 0) is 18.6 Å². The Bertz CT molecular complexity index is 945. The van der Waals surface area contributed by atoms with E-state index in [0.29, 0.717) is 5.71 Å². The lowest BCUT2D eigenvalue weighted by atomic mass is 10.0. The number of aliphatic imine (C=N–C) groups is 1. The van der Waals surface area contributed by atoms with Crippen LogP contribution in [0.5, 0.6) is 0 Å². The van der Waals surface area contributed by atoms with E-state index in [4.69, 9.17) is 5.73 Å². The Balaban J connectivity index is 2.15. The summed E-state index contributed by atoms with van der Waals surface area (Å²) in [6.45, 7) is 2.01. The van der Waals surface area contributed by atoms with Gasteiger partial charge in [-0.2, -0.15) is 5.26 Å². The summed E-state index contributed by atoms with van der Waals surface area (Å²) < 4.78 is 0. The highest BCUT2D eigenvalue weighted by molar-refractivity contribution is 6.14. The molecule has 0 atom stereocenters. The Morgan fingerprint density at radius 3 is 2.36 bits per heavy atom. The van der Waals surface area contributed by atoms with Gasteiger partial charge in [0.1, 0.15) is 6.07 Å². The summed E-state index contributed by atoms with van der Waals surface area (Å²) in [6.07, 6.45) is 1.89. The summed E-state index contributed by atoms with van der Waals surface area (Å²) in [7, 11) is 0. The maximum atomic E-state index is 11.6. The highest BCUT2D eigenvalue weighted by atomic mass is 16.1. The van der Waals surface area contributed by atoms with E-state index >= 15 is 0 Å². The number of rotatable bonds is 3. The molecule has 0 fully saturated rings. The summed E-state index contributed by atoms with van der Waals surface area (Å²) in [5.41, 5.74) is 9.46. The van der Waals surface area contributed by atoms with Gasteiger partial charge in [0.25, 0.3) is 5.91 Å². The lowest BCUT2D eigenvalue weighted by Crippen LogP contribution is -2.24. The first kappa shape index (κ1) is 16.2. The molecule has 0 aliphatic carbocycles. The molecule has 0 saturated heterocycles. The van der Waals surface area contributed by atoms with Gasteiger partial charge in [0, 0.05) is 11.3 Å². The third-order valence-corrected chi connectivity index (χ3v) is 3.79. The van der Waals surface area contributed by atoms with Gasteiger partial charge >= 0.3 is 0 Å². The van der Waals surface area contributed by atoms with Crippen molar-refractivity contribution in [1.82, 2.24) is 5.32 Å². The van der Waals surface area contributed by atoms with Crippen LogP contribution in [-0.4, -0.2) is 11.6 Å². The minimum atomic E-state index is -0.814. The van der Waals surface area contributed by atoms with Gasteiger partial charge in [-0.25, -0.2) is 4.99 Å². The molecule has 1 heterocycles. The Hall–Kier alpha value is -3.65. The van der Waals surface area contributed by atoms with Gasteiger partial charge in [-0.3, -0.25) is 4.79 Å². The zero-order chi connectivity index (χ0) is 17.8. The predicted octanol–water partition coefficient (Wildman–Crippen LogP) is 2.65. The zero-order valence-corrected chi connectivity index (χ0v) is 13.7. The number of nitrogens with two attached hydrogens (primary N) is 1. The van der Waals surface area contributed by atoms with Crippen LogP contribution >= 0.6 is 0 Å². The monoisotopic (exact) mass is 328 g/mol. The van der Waals surface area contributed by atoms with Crippen LogP contribution in [0.1, 0.15) is 16.7 Å². The molecule has 3 N–H and O–H groups in total. The van der Waals surface area contributed by atoms with Gasteiger partial charge in [0.05, 0.1) is 5.71 Å². The first-order valence-corrected chi connectivity index (χ1v) is 7.72. The number of nitrogens with one attached hydrogen (secondary N) is 1. The fraction of sp³-hybridized carbons (Fsp3) is 0.0500. The molecule has 0 unspecified atom stereocenters. The molecule has 2 aromatic carbocycles. The minimum absolute atomic E-state index is 0.159. The molecule has 25 heavy (non-hydrogen) atoms. The van der Waals surface area contributed by atoms with Crippen molar-refractivity contribution in [2.24, 2.45) is 10.7 Å². The van der Waals surface area contributed by atoms with Crippen molar-refractivity contribution in [2.45, 2.75) is 6.92 Å². The van der Waals surface area contributed by atoms with Crippen molar-refractivity contribution in [3.05, 3.63) is 88.8 Å². The van der Waals surface area contributed by atoms with Gasteiger partial charge in [0.15, 0.2) is 11.4 Å². The van der Waals surface area contributed by atoms with Crippen molar-refractivity contribution in [3.8, 4) is 6.07 Å². The van der Waals surface area contributed by atoms with Crippen LogP contribution in [0.2, 0.25) is 0 Å². The van der Waals surface area contributed by atoms with Crippen molar-refractivity contribution in [3.63, 3.8) is 0 Å². The number of hydrogen-bond donors (Lipinski definition) is 2. The number of hydrogen-bond acceptors (Lipinski definition) is 4. The standard InChI is InChI=1S/C20H16N4O/c1-13-7-9-15(10-8-13)18-11-17(14-5-3-2-4-6-14)23-20(24-18)16(12-21)19(22)25/h2-11,24H,1H3,(H2,22,25)/b20-16+. The SMILES string of the molecule is Cc1ccc(C2=CC(c3ccccc3)=N/C(=C(/C#N)C(N)=O)N2)cc1. The largest absolute Gasteiger partial charge is 0.365 e. The highest BCUT2D eigenvalue weighted by Crippen LogP contribution is 2.22. The maximum absolute atomic E-state index is 11.6. The average Bonchev–Trinajstić information content (AvgIpc) is 2.63. The van der Waals surface area contributed by atoms with Crippen LogP contribution < -0.4 is 11.1 Å². The smallest absolute Gasteiger partial charge is 0.263 e. The van der Waals surface area contributed by atoms with Gasteiger partial charge < -0.3 is 11.1 Å². The Morgan fingerprint density at radius 1 is 1.08 bits per heavy atom. The molecule has 5 nitrogen and oxygen atoms in total. The van der Waals surface area contributed by atoms with E-state index in [2.05, 4.69) is 10.3 Å². The Labute approximate surface area is 145 Å². The molecule has 1 aliphatic heterocycles. The molecule has 0 aromatic heterocycles. The normalized spacial score (nSPS) is 15.4. The van der Waals surface area contributed by atoms with Gasteiger partial charge in [-0.15, -0.1) is 0 Å². The number of allylic oxidation sites excluding steroid dienone is 1. The van der Waals surface area contributed by atoms with E-state index in [0.717, 1.165) is 22.4 Å². The maximum Gasteiger partial charge on any atom is 0.263 e.